The molecule has 0 bridgehead atoms. The van der Waals surface area contributed by atoms with Crippen LogP contribution in [-0.4, -0.2) is 38.8 Å². The topological polar surface area (TPSA) is 88.7 Å². The van der Waals surface area contributed by atoms with Gasteiger partial charge in [-0.05, 0) is 30.5 Å². The minimum absolute atomic E-state index is 0.337. The first-order valence-electron chi connectivity index (χ1n) is 9.38. The number of nitrogens with one attached hydrogen (secondary N) is 3. The van der Waals surface area contributed by atoms with E-state index in [0.717, 1.165) is 18.4 Å². The van der Waals surface area contributed by atoms with Crippen LogP contribution in [0.25, 0.3) is 0 Å². The summed E-state index contributed by atoms with van der Waals surface area (Å²) in [6.07, 6.45) is 5.92. The van der Waals surface area contributed by atoms with Gasteiger partial charge in [-0.2, -0.15) is 0 Å². The number of ether oxygens (including phenoxy) is 2. The second-order valence-electron chi connectivity index (χ2n) is 6.91. The number of carbonyl (C=O) groups is 2. The van der Waals surface area contributed by atoms with Crippen molar-refractivity contribution in [2.24, 2.45) is 0 Å². The first-order chi connectivity index (χ1) is 13.1. The van der Waals surface area contributed by atoms with Crippen molar-refractivity contribution in [3.05, 3.63) is 41.1 Å². The molecule has 27 heavy (non-hydrogen) atoms. The van der Waals surface area contributed by atoms with Crippen LogP contribution in [0, 0.1) is 0 Å². The van der Waals surface area contributed by atoms with Crippen molar-refractivity contribution in [2.75, 3.05) is 20.8 Å². The largest absolute Gasteiger partial charge is 0.497 e. The number of benzene rings is 1. The van der Waals surface area contributed by atoms with Crippen LogP contribution in [0.3, 0.4) is 0 Å². The maximum absolute atomic E-state index is 12.5. The maximum Gasteiger partial charge on any atom is 0.338 e. The molecule has 3 N–H and O–H groups in total. The third-order valence-electron chi connectivity index (χ3n) is 5.16. The molecule has 1 saturated carbocycles. The highest BCUT2D eigenvalue weighted by Crippen LogP contribution is 2.29. The summed E-state index contributed by atoms with van der Waals surface area (Å²) in [5.41, 5.74) is 1.73. The quantitative estimate of drug-likeness (QED) is 0.667. The maximum atomic E-state index is 12.5. The Morgan fingerprint density at radius 3 is 2.70 bits per heavy atom. The van der Waals surface area contributed by atoms with Crippen molar-refractivity contribution in [3.8, 4) is 5.75 Å². The van der Waals surface area contributed by atoms with Crippen LogP contribution in [0.5, 0.6) is 5.75 Å². The van der Waals surface area contributed by atoms with Gasteiger partial charge in [0.1, 0.15) is 5.75 Å². The number of rotatable bonds is 6. The average Bonchev–Trinajstić information content (AvgIpc) is 2.72. The molecule has 1 aromatic carbocycles. The summed E-state index contributed by atoms with van der Waals surface area (Å²) < 4.78 is 10.3. The molecule has 1 heterocycles. The molecule has 1 atom stereocenters. The van der Waals surface area contributed by atoms with Gasteiger partial charge in [-0.1, -0.05) is 31.4 Å². The van der Waals surface area contributed by atoms with Crippen molar-refractivity contribution in [1.29, 1.82) is 0 Å². The lowest BCUT2D eigenvalue weighted by molar-refractivity contribution is -0.136. The molecular formula is C20H27N3O4. The van der Waals surface area contributed by atoms with Crippen molar-refractivity contribution in [2.45, 2.75) is 44.2 Å². The Morgan fingerprint density at radius 1 is 1.22 bits per heavy atom. The Morgan fingerprint density at radius 2 is 2.00 bits per heavy atom. The SMILES string of the molecule is COC(=O)C1=C(CNC2CCCCC2)NC(=O)N[C@@H]1c1cccc(OC)c1. The van der Waals surface area contributed by atoms with Crippen molar-refractivity contribution in [3.63, 3.8) is 0 Å². The predicted octanol–water partition coefficient (Wildman–Crippen LogP) is 2.40. The normalized spacial score (nSPS) is 20.7. The Hall–Kier alpha value is -2.54. The van der Waals surface area contributed by atoms with E-state index in [1.54, 1.807) is 7.11 Å². The van der Waals surface area contributed by atoms with E-state index >= 15 is 0 Å². The number of amides is 2. The van der Waals surface area contributed by atoms with Gasteiger partial charge in [0.15, 0.2) is 0 Å². The molecule has 0 spiro atoms. The third kappa shape index (κ3) is 4.60. The number of esters is 1. The van der Waals surface area contributed by atoms with Gasteiger partial charge < -0.3 is 25.4 Å². The average molecular weight is 373 g/mol. The molecule has 3 rings (SSSR count). The molecule has 2 amide bonds. The number of carbonyl (C=O) groups excluding carboxylic acids is 2. The second kappa shape index (κ2) is 8.90. The minimum Gasteiger partial charge on any atom is -0.497 e. The highest BCUT2D eigenvalue weighted by Gasteiger charge is 2.33. The van der Waals surface area contributed by atoms with Gasteiger partial charge in [0.05, 0.1) is 25.8 Å². The minimum atomic E-state index is -0.593. The van der Waals surface area contributed by atoms with Gasteiger partial charge >= 0.3 is 12.0 Å². The van der Waals surface area contributed by atoms with E-state index < -0.39 is 12.0 Å². The van der Waals surface area contributed by atoms with Crippen LogP contribution in [0.4, 0.5) is 4.79 Å². The van der Waals surface area contributed by atoms with E-state index in [-0.39, 0.29) is 6.03 Å². The summed E-state index contributed by atoms with van der Waals surface area (Å²) in [5.74, 6) is 0.196. The van der Waals surface area contributed by atoms with Crippen molar-refractivity contribution < 1.29 is 19.1 Å². The summed E-state index contributed by atoms with van der Waals surface area (Å²) >= 11 is 0. The standard InChI is InChI=1S/C20H27N3O4/c1-26-15-10-6-7-13(11-15)18-17(19(24)27-2)16(22-20(25)23-18)12-21-14-8-4-3-5-9-14/h6-7,10-11,14,18,21H,3-5,8-9,12H2,1-2H3,(H2,22,23,25)/t18-/m1/s1. The van der Waals surface area contributed by atoms with E-state index in [1.807, 2.05) is 24.3 Å². The molecular weight excluding hydrogens is 346 g/mol. The molecule has 0 unspecified atom stereocenters. The van der Waals surface area contributed by atoms with Gasteiger partial charge in [-0.25, -0.2) is 9.59 Å². The predicted molar refractivity (Wildman–Crippen MR) is 101 cm³/mol. The van der Waals surface area contributed by atoms with Gasteiger partial charge in [0.2, 0.25) is 0 Å². The third-order valence-corrected chi connectivity index (χ3v) is 5.16. The van der Waals surface area contributed by atoms with Crippen LogP contribution in [0.2, 0.25) is 0 Å². The Labute approximate surface area is 159 Å². The summed E-state index contributed by atoms with van der Waals surface area (Å²) in [6, 6.07) is 6.79. The van der Waals surface area contributed by atoms with Crippen LogP contribution in [0.15, 0.2) is 35.5 Å². The molecule has 2 aliphatic rings. The molecule has 7 nitrogen and oxygen atoms in total. The number of urea groups is 1. The zero-order chi connectivity index (χ0) is 19.2. The Bertz CT molecular complexity index is 726. The van der Waals surface area contributed by atoms with E-state index in [0.29, 0.717) is 29.6 Å². The smallest absolute Gasteiger partial charge is 0.338 e. The van der Waals surface area contributed by atoms with Crippen LogP contribution in [0.1, 0.15) is 43.7 Å². The molecule has 0 saturated heterocycles. The molecule has 7 heteroatoms. The lowest BCUT2D eigenvalue weighted by atomic mass is 9.93. The lowest BCUT2D eigenvalue weighted by Gasteiger charge is -2.31. The van der Waals surface area contributed by atoms with E-state index in [4.69, 9.17) is 9.47 Å². The van der Waals surface area contributed by atoms with Crippen LogP contribution in [-0.2, 0) is 9.53 Å². The van der Waals surface area contributed by atoms with Gasteiger partial charge in [-0.3, -0.25) is 0 Å². The molecule has 0 radical (unpaired) electrons. The monoisotopic (exact) mass is 373 g/mol. The highest BCUT2D eigenvalue weighted by atomic mass is 16.5. The van der Waals surface area contributed by atoms with Gasteiger partial charge in [0.25, 0.3) is 0 Å². The van der Waals surface area contributed by atoms with Gasteiger partial charge in [0, 0.05) is 18.3 Å². The molecule has 1 fully saturated rings. The second-order valence-corrected chi connectivity index (χ2v) is 6.91. The van der Waals surface area contributed by atoms with Crippen molar-refractivity contribution >= 4 is 12.0 Å². The Balaban J connectivity index is 1.90. The van der Waals surface area contributed by atoms with Crippen molar-refractivity contribution in [1.82, 2.24) is 16.0 Å². The molecule has 146 valence electrons. The fraction of sp³-hybridized carbons (Fsp3) is 0.500. The molecule has 1 aliphatic carbocycles. The first kappa shape index (κ1) is 19.2. The summed E-state index contributed by atoms with van der Waals surface area (Å²) in [5, 5.41) is 9.09. The zero-order valence-corrected chi connectivity index (χ0v) is 15.8. The summed E-state index contributed by atoms with van der Waals surface area (Å²) in [6.45, 7) is 0.420. The molecule has 0 aromatic heterocycles. The van der Waals surface area contributed by atoms with Gasteiger partial charge in [-0.15, -0.1) is 0 Å². The van der Waals surface area contributed by atoms with E-state index in [1.165, 1.54) is 26.4 Å². The molecule has 1 aromatic rings. The Kier molecular flexibility index (Phi) is 6.34. The summed E-state index contributed by atoms with van der Waals surface area (Å²) in [4.78, 5) is 24.8. The number of hydrogen-bond acceptors (Lipinski definition) is 5. The molecule has 1 aliphatic heterocycles. The van der Waals surface area contributed by atoms with Crippen LogP contribution >= 0.6 is 0 Å². The number of methoxy groups -OCH3 is 2. The van der Waals surface area contributed by atoms with E-state index in [9.17, 15) is 9.59 Å². The number of hydrogen-bond donors (Lipinski definition) is 3. The van der Waals surface area contributed by atoms with Crippen LogP contribution < -0.4 is 20.7 Å². The lowest BCUT2D eigenvalue weighted by Crippen LogP contribution is -2.48. The zero-order valence-electron chi connectivity index (χ0n) is 15.8. The highest BCUT2D eigenvalue weighted by molar-refractivity contribution is 5.95. The fourth-order valence-electron chi connectivity index (χ4n) is 3.73. The van der Waals surface area contributed by atoms with E-state index in [2.05, 4.69) is 16.0 Å². The first-order valence-corrected chi connectivity index (χ1v) is 9.38. The fourth-order valence-corrected chi connectivity index (χ4v) is 3.73. The summed E-state index contributed by atoms with van der Waals surface area (Å²) in [7, 11) is 2.93.